The fraction of sp³-hybridized carbons (Fsp3) is 0.364. The lowest BCUT2D eigenvalue weighted by atomic mass is 10.1. The molecule has 0 heterocycles. The highest BCUT2D eigenvalue weighted by Crippen LogP contribution is 2.23. The topological polar surface area (TPSA) is 130 Å². The number of para-hydroxylation sites is 4. The van der Waals surface area contributed by atoms with E-state index in [1.165, 1.54) is 12.2 Å². The number of phenols is 4. The summed E-state index contributed by atoms with van der Waals surface area (Å²) in [5.41, 5.74) is 6.77. The Bertz CT molecular complexity index is 1780. The van der Waals surface area contributed by atoms with Crippen molar-refractivity contribution in [3.05, 3.63) is 119 Å². The predicted molar refractivity (Wildman–Crippen MR) is 251 cm³/mol. The second kappa shape index (κ2) is 29.4. The van der Waals surface area contributed by atoms with E-state index in [1.807, 2.05) is 122 Å². The van der Waals surface area contributed by atoms with E-state index in [0.717, 1.165) is 95.0 Å². The molecule has 0 radical (unpaired) electrons. The summed E-state index contributed by atoms with van der Waals surface area (Å²) in [6.45, 7) is 15.0. The monoisotopic (exact) mass is 834 g/mol. The van der Waals surface area contributed by atoms with Crippen molar-refractivity contribution in [1.29, 1.82) is 0 Å². The highest BCUT2D eigenvalue weighted by molar-refractivity contribution is 8.77. The van der Waals surface area contributed by atoms with Gasteiger partial charge in [-0.3, -0.25) is 20.0 Å². The fourth-order valence-corrected chi connectivity index (χ4v) is 8.53. The molecule has 0 fully saturated rings. The molecule has 4 N–H and O–H groups in total. The number of nitrogens with zero attached hydrogens (tertiary/aromatic N) is 4. The normalized spacial score (nSPS) is 12.0. The summed E-state index contributed by atoms with van der Waals surface area (Å²) >= 11 is 0. The standard InChI is InChI=1S/C20H24N2O2S2.C13H19NOS2.C11H15NO/c1-15(17-7-3-5-9-19(17)23)21-11-13-25-26-14-12-22-16(2)18-8-4-6-10-20(18)24;1-3-9-16-17-10-8-14-11(2)12-6-4-5-7-13(12)15;1-3-8-12-9(2)10-6-4-5-7-11(10)13/h3-10,23-24H,11-14H2,1-2H3;4-7,15H,3,8-10H2,1-2H3;4-7,13H,3,8H2,1-2H3. The van der Waals surface area contributed by atoms with E-state index < -0.39 is 0 Å². The van der Waals surface area contributed by atoms with Gasteiger partial charge < -0.3 is 20.4 Å². The van der Waals surface area contributed by atoms with Gasteiger partial charge in [-0.1, -0.05) is 106 Å². The van der Waals surface area contributed by atoms with Crippen LogP contribution in [0.25, 0.3) is 0 Å². The van der Waals surface area contributed by atoms with E-state index >= 15 is 0 Å². The molecule has 0 spiro atoms. The maximum atomic E-state index is 9.81. The minimum absolute atomic E-state index is 0.272. The van der Waals surface area contributed by atoms with Crippen molar-refractivity contribution in [2.75, 3.05) is 49.2 Å². The first-order valence-electron chi connectivity index (χ1n) is 18.8. The van der Waals surface area contributed by atoms with Crippen molar-refractivity contribution in [3.63, 3.8) is 0 Å². The predicted octanol–water partition coefficient (Wildman–Crippen LogP) is 11.4. The van der Waals surface area contributed by atoms with Crippen LogP contribution in [-0.2, 0) is 0 Å². The van der Waals surface area contributed by atoms with Gasteiger partial charge in [-0.05, 0) is 89.1 Å². The van der Waals surface area contributed by atoms with Crippen LogP contribution in [0.2, 0.25) is 0 Å². The van der Waals surface area contributed by atoms with Crippen molar-refractivity contribution in [2.45, 2.75) is 54.4 Å². The van der Waals surface area contributed by atoms with Crippen molar-refractivity contribution < 1.29 is 20.4 Å². The SMILES string of the molecule is CC(=NCCSSCCN=C(C)c1ccccc1O)c1ccccc1O.CCCN=C(C)c1ccccc1O.CCCSSCCN=C(C)c1ccccc1O. The summed E-state index contributed by atoms with van der Waals surface area (Å²) in [5, 5.41) is 38.8. The summed E-state index contributed by atoms with van der Waals surface area (Å²) < 4.78 is 0. The summed E-state index contributed by atoms with van der Waals surface area (Å²) in [6, 6.07) is 29.1. The number of hydrogen-bond acceptors (Lipinski definition) is 12. The van der Waals surface area contributed by atoms with Crippen LogP contribution >= 0.6 is 43.2 Å². The van der Waals surface area contributed by atoms with E-state index in [-0.39, 0.29) is 11.5 Å². The lowest BCUT2D eigenvalue weighted by Crippen LogP contribution is -1.98. The van der Waals surface area contributed by atoms with E-state index in [0.29, 0.717) is 11.5 Å². The van der Waals surface area contributed by atoms with Crippen LogP contribution < -0.4 is 0 Å². The maximum Gasteiger partial charge on any atom is 0.124 e. The highest BCUT2D eigenvalue weighted by Gasteiger charge is 2.05. The third kappa shape index (κ3) is 19.3. The van der Waals surface area contributed by atoms with Crippen LogP contribution in [0.5, 0.6) is 23.0 Å². The molecule has 0 aliphatic heterocycles. The zero-order chi connectivity index (χ0) is 41.0. The first-order valence-corrected chi connectivity index (χ1v) is 23.7. The van der Waals surface area contributed by atoms with Crippen LogP contribution in [-0.4, -0.2) is 92.5 Å². The lowest BCUT2D eigenvalue weighted by Gasteiger charge is -2.04. The third-order valence-electron chi connectivity index (χ3n) is 7.77. The van der Waals surface area contributed by atoms with Gasteiger partial charge >= 0.3 is 0 Å². The summed E-state index contributed by atoms with van der Waals surface area (Å²) in [5.74, 6) is 5.21. The molecule has 0 aliphatic carbocycles. The quantitative estimate of drug-likeness (QED) is 0.0417. The van der Waals surface area contributed by atoms with E-state index in [4.69, 9.17) is 0 Å². The molecule has 12 heteroatoms. The Morgan fingerprint density at radius 1 is 0.375 bits per heavy atom. The van der Waals surface area contributed by atoms with Gasteiger partial charge in [0.2, 0.25) is 0 Å². The molecule has 0 aliphatic rings. The van der Waals surface area contributed by atoms with E-state index in [9.17, 15) is 20.4 Å². The minimum atomic E-state index is 0.272. The molecule has 8 nitrogen and oxygen atoms in total. The first kappa shape index (κ1) is 48.3. The molecule has 0 amide bonds. The smallest absolute Gasteiger partial charge is 0.124 e. The molecular formula is C44H58N4O4S4. The number of aliphatic imine (C=N–C) groups is 4. The molecule has 4 aromatic carbocycles. The van der Waals surface area contributed by atoms with Gasteiger partial charge in [0.25, 0.3) is 0 Å². The molecule has 4 rings (SSSR count). The summed E-state index contributed by atoms with van der Waals surface area (Å²) in [7, 11) is 7.32. The van der Waals surface area contributed by atoms with Crippen molar-refractivity contribution in [2.24, 2.45) is 20.0 Å². The average molecular weight is 835 g/mol. The number of aromatic hydroxyl groups is 4. The second-order valence-electron chi connectivity index (χ2n) is 12.2. The third-order valence-corrected chi connectivity index (χ3v) is 12.7. The number of benzene rings is 4. The van der Waals surface area contributed by atoms with Crippen LogP contribution in [0.15, 0.2) is 117 Å². The molecule has 0 unspecified atom stereocenters. The van der Waals surface area contributed by atoms with Crippen molar-refractivity contribution in [1.82, 2.24) is 0 Å². The summed E-state index contributed by atoms with van der Waals surface area (Å²) in [4.78, 5) is 17.8. The van der Waals surface area contributed by atoms with Crippen molar-refractivity contribution >= 4 is 66.0 Å². The molecule has 4 aromatic rings. The van der Waals surface area contributed by atoms with E-state index in [1.54, 1.807) is 45.9 Å². The second-order valence-corrected chi connectivity index (χ2v) is 17.6. The largest absolute Gasteiger partial charge is 0.507 e. The van der Waals surface area contributed by atoms with Gasteiger partial charge in [0.15, 0.2) is 0 Å². The van der Waals surface area contributed by atoms with E-state index in [2.05, 4.69) is 33.8 Å². The molecule has 302 valence electrons. The van der Waals surface area contributed by atoms with Gasteiger partial charge in [-0.2, -0.15) is 0 Å². The van der Waals surface area contributed by atoms with Gasteiger partial charge in [-0.15, -0.1) is 0 Å². The number of rotatable bonds is 19. The zero-order valence-corrected chi connectivity index (χ0v) is 36.8. The highest BCUT2D eigenvalue weighted by atomic mass is 33.1. The zero-order valence-electron chi connectivity index (χ0n) is 33.5. The Morgan fingerprint density at radius 2 is 0.625 bits per heavy atom. The van der Waals surface area contributed by atoms with Gasteiger partial charge in [0, 0.05) is 94.3 Å². The molecule has 0 atom stereocenters. The molecular weight excluding hydrogens is 777 g/mol. The molecule has 0 saturated heterocycles. The average Bonchev–Trinajstić information content (AvgIpc) is 3.20. The maximum absolute atomic E-state index is 9.81. The van der Waals surface area contributed by atoms with Gasteiger partial charge in [-0.25, -0.2) is 0 Å². The Labute approximate surface area is 350 Å². The van der Waals surface area contributed by atoms with Crippen LogP contribution in [0.3, 0.4) is 0 Å². The summed E-state index contributed by atoms with van der Waals surface area (Å²) in [6.07, 6.45) is 2.25. The molecule has 0 aromatic heterocycles. The minimum Gasteiger partial charge on any atom is -0.507 e. The molecule has 0 bridgehead atoms. The Kier molecular flexibility index (Phi) is 25.4. The Balaban J connectivity index is 0.000000311. The molecule has 0 saturated carbocycles. The van der Waals surface area contributed by atoms with Crippen LogP contribution in [0.1, 0.15) is 76.6 Å². The first-order chi connectivity index (χ1) is 27.1. The van der Waals surface area contributed by atoms with Crippen LogP contribution in [0, 0.1) is 0 Å². The molecule has 56 heavy (non-hydrogen) atoms. The van der Waals surface area contributed by atoms with Gasteiger partial charge in [0.05, 0.1) is 0 Å². The lowest BCUT2D eigenvalue weighted by molar-refractivity contribution is 0.473. The fourth-order valence-electron chi connectivity index (χ4n) is 4.81. The Hall–Kier alpha value is -3.84. The van der Waals surface area contributed by atoms with Crippen LogP contribution in [0.4, 0.5) is 0 Å². The van der Waals surface area contributed by atoms with Crippen molar-refractivity contribution in [3.8, 4) is 23.0 Å². The van der Waals surface area contributed by atoms with Gasteiger partial charge in [0.1, 0.15) is 23.0 Å². The number of phenolic OH excluding ortho intramolecular Hbond substituents is 4. The number of hydrogen-bond donors (Lipinski definition) is 4. The Morgan fingerprint density at radius 3 is 0.875 bits per heavy atom.